The molecule has 0 fully saturated rings. The van der Waals surface area contributed by atoms with Gasteiger partial charge in [0.2, 0.25) is 10.0 Å². The largest absolute Gasteiger partial charge is 0.495 e. The van der Waals surface area contributed by atoms with Gasteiger partial charge in [0, 0.05) is 5.56 Å². The molecule has 0 aliphatic carbocycles. The first-order valence-corrected chi connectivity index (χ1v) is 10.0. The maximum Gasteiger partial charge on any atom is 0.244 e. The second-order valence-electron chi connectivity index (χ2n) is 6.31. The summed E-state index contributed by atoms with van der Waals surface area (Å²) in [6.07, 6.45) is 1.35. The molecule has 3 rings (SSSR count). The van der Waals surface area contributed by atoms with Crippen LogP contribution in [-0.2, 0) is 16.6 Å². The van der Waals surface area contributed by atoms with Crippen LogP contribution in [-0.4, -0.2) is 25.5 Å². The minimum Gasteiger partial charge on any atom is -0.495 e. The predicted octanol–water partition coefficient (Wildman–Crippen LogP) is 3.39. The number of aryl methyl sites for hydroxylation is 2. The number of benzene rings is 2. The molecule has 0 saturated carbocycles. The van der Waals surface area contributed by atoms with Crippen molar-refractivity contribution in [2.24, 2.45) is 0 Å². The molecular weight excluding hydrogens is 381 g/mol. The van der Waals surface area contributed by atoms with E-state index in [1.54, 1.807) is 30.3 Å². The standard InChI is InChI=1S/C20H20FN3O3S/c1-13-8-19(27-3)20(9-14(13)2)28(25,26)24-11-17-10-18(23-12-22-17)15-4-6-16(21)7-5-15/h4-10,12,24H,11H2,1-3H3. The molecule has 28 heavy (non-hydrogen) atoms. The number of nitrogens with one attached hydrogen (secondary N) is 1. The van der Waals surface area contributed by atoms with E-state index in [0.29, 0.717) is 17.0 Å². The van der Waals surface area contributed by atoms with Gasteiger partial charge >= 0.3 is 0 Å². The third-order valence-electron chi connectivity index (χ3n) is 4.38. The van der Waals surface area contributed by atoms with E-state index in [4.69, 9.17) is 4.74 Å². The van der Waals surface area contributed by atoms with Gasteiger partial charge in [-0.25, -0.2) is 27.5 Å². The Morgan fingerprint density at radius 3 is 2.39 bits per heavy atom. The van der Waals surface area contributed by atoms with Crippen molar-refractivity contribution in [1.82, 2.24) is 14.7 Å². The van der Waals surface area contributed by atoms with E-state index in [1.807, 2.05) is 13.8 Å². The molecule has 0 aliphatic heterocycles. The van der Waals surface area contributed by atoms with Crippen LogP contribution in [0.5, 0.6) is 5.75 Å². The lowest BCUT2D eigenvalue weighted by Crippen LogP contribution is -2.24. The van der Waals surface area contributed by atoms with Crippen LogP contribution < -0.4 is 9.46 Å². The summed E-state index contributed by atoms with van der Waals surface area (Å²) in [6, 6.07) is 10.8. The predicted molar refractivity (Wildman–Crippen MR) is 104 cm³/mol. The summed E-state index contributed by atoms with van der Waals surface area (Å²) in [4.78, 5) is 8.34. The molecule has 0 amide bonds. The Morgan fingerprint density at radius 2 is 1.71 bits per heavy atom. The van der Waals surface area contributed by atoms with E-state index in [0.717, 1.165) is 11.1 Å². The number of methoxy groups -OCH3 is 1. The Labute approximate surface area is 163 Å². The Balaban J connectivity index is 1.83. The zero-order valence-corrected chi connectivity index (χ0v) is 16.5. The molecule has 2 aromatic carbocycles. The first-order chi connectivity index (χ1) is 13.3. The molecular formula is C20H20FN3O3S. The van der Waals surface area contributed by atoms with E-state index >= 15 is 0 Å². The summed E-state index contributed by atoms with van der Waals surface area (Å²) in [5.74, 6) is -0.0570. The number of rotatable bonds is 6. The first kappa shape index (κ1) is 19.9. The van der Waals surface area contributed by atoms with Gasteiger partial charge in [-0.1, -0.05) is 0 Å². The van der Waals surface area contributed by atoms with E-state index in [2.05, 4.69) is 14.7 Å². The molecule has 0 unspecified atom stereocenters. The number of halogens is 1. The quantitative estimate of drug-likeness (QED) is 0.685. The lowest BCUT2D eigenvalue weighted by molar-refractivity contribution is 0.401. The van der Waals surface area contributed by atoms with Gasteiger partial charge in [0.1, 0.15) is 22.8 Å². The van der Waals surface area contributed by atoms with Crippen molar-refractivity contribution >= 4 is 10.0 Å². The maximum atomic E-state index is 13.1. The van der Waals surface area contributed by atoms with Crippen molar-refractivity contribution in [3.05, 3.63) is 71.4 Å². The van der Waals surface area contributed by atoms with Gasteiger partial charge in [-0.05, 0) is 67.4 Å². The van der Waals surface area contributed by atoms with Crippen molar-refractivity contribution in [3.63, 3.8) is 0 Å². The zero-order valence-electron chi connectivity index (χ0n) is 15.7. The molecule has 6 nitrogen and oxygen atoms in total. The van der Waals surface area contributed by atoms with Crippen LogP contribution in [0.2, 0.25) is 0 Å². The Hall–Kier alpha value is -2.84. The summed E-state index contributed by atoms with van der Waals surface area (Å²) < 4.78 is 46.4. The van der Waals surface area contributed by atoms with Crippen molar-refractivity contribution in [1.29, 1.82) is 0 Å². The van der Waals surface area contributed by atoms with Crippen molar-refractivity contribution < 1.29 is 17.5 Å². The molecule has 0 aliphatic rings. The molecule has 8 heteroatoms. The highest BCUT2D eigenvalue weighted by Crippen LogP contribution is 2.27. The fourth-order valence-electron chi connectivity index (χ4n) is 2.65. The number of aromatic nitrogens is 2. The highest BCUT2D eigenvalue weighted by Gasteiger charge is 2.20. The van der Waals surface area contributed by atoms with E-state index in [9.17, 15) is 12.8 Å². The SMILES string of the molecule is COc1cc(C)c(C)cc1S(=O)(=O)NCc1cc(-c2ccc(F)cc2)ncn1. The monoisotopic (exact) mass is 401 g/mol. The van der Waals surface area contributed by atoms with Gasteiger partial charge < -0.3 is 4.74 Å². The second-order valence-corrected chi connectivity index (χ2v) is 8.05. The molecule has 0 bridgehead atoms. The van der Waals surface area contributed by atoms with Crippen LogP contribution in [0.15, 0.2) is 53.7 Å². The summed E-state index contributed by atoms with van der Waals surface area (Å²) >= 11 is 0. The highest BCUT2D eigenvalue weighted by atomic mass is 32.2. The van der Waals surface area contributed by atoms with Crippen LogP contribution in [0.25, 0.3) is 11.3 Å². The minimum atomic E-state index is -3.81. The summed E-state index contributed by atoms with van der Waals surface area (Å²) in [7, 11) is -2.38. The van der Waals surface area contributed by atoms with Gasteiger partial charge in [-0.3, -0.25) is 0 Å². The zero-order chi connectivity index (χ0) is 20.3. The molecule has 1 N–H and O–H groups in total. The van der Waals surface area contributed by atoms with Gasteiger partial charge in [0.25, 0.3) is 0 Å². The number of nitrogens with zero attached hydrogens (tertiary/aromatic N) is 2. The molecule has 0 spiro atoms. The molecule has 0 saturated heterocycles. The first-order valence-electron chi connectivity index (χ1n) is 8.52. The van der Waals surface area contributed by atoms with Crippen LogP contribution >= 0.6 is 0 Å². The number of ether oxygens (including phenoxy) is 1. The Bertz CT molecular complexity index is 1100. The maximum absolute atomic E-state index is 13.1. The fraction of sp³-hybridized carbons (Fsp3) is 0.200. The highest BCUT2D eigenvalue weighted by molar-refractivity contribution is 7.89. The van der Waals surface area contributed by atoms with Gasteiger partial charge in [-0.2, -0.15) is 0 Å². The Kier molecular flexibility index (Phi) is 5.71. The van der Waals surface area contributed by atoms with Crippen LogP contribution in [0.4, 0.5) is 4.39 Å². The molecule has 1 aromatic heterocycles. The lowest BCUT2D eigenvalue weighted by Gasteiger charge is -2.13. The molecule has 3 aromatic rings. The molecule has 146 valence electrons. The third-order valence-corrected chi connectivity index (χ3v) is 5.80. The van der Waals surface area contributed by atoms with Crippen molar-refractivity contribution in [3.8, 4) is 17.0 Å². The van der Waals surface area contributed by atoms with E-state index in [1.165, 1.54) is 25.6 Å². The van der Waals surface area contributed by atoms with Crippen LogP contribution in [0.3, 0.4) is 0 Å². The van der Waals surface area contributed by atoms with Crippen molar-refractivity contribution in [2.75, 3.05) is 7.11 Å². The second kappa shape index (κ2) is 8.04. The van der Waals surface area contributed by atoms with Gasteiger partial charge in [-0.15, -0.1) is 0 Å². The molecule has 0 radical (unpaired) electrons. The topological polar surface area (TPSA) is 81.2 Å². The van der Waals surface area contributed by atoms with E-state index in [-0.39, 0.29) is 23.0 Å². The van der Waals surface area contributed by atoms with Crippen molar-refractivity contribution in [2.45, 2.75) is 25.3 Å². The minimum absolute atomic E-state index is 0.0187. The summed E-state index contributed by atoms with van der Waals surface area (Å²) in [5, 5.41) is 0. The lowest BCUT2D eigenvalue weighted by atomic mass is 10.1. The number of sulfonamides is 1. The van der Waals surface area contributed by atoms with Gasteiger partial charge in [0.15, 0.2) is 0 Å². The summed E-state index contributed by atoms with van der Waals surface area (Å²) in [6.45, 7) is 3.71. The average molecular weight is 401 g/mol. The fourth-order valence-corrected chi connectivity index (χ4v) is 3.88. The normalized spacial score (nSPS) is 11.4. The number of hydrogen-bond donors (Lipinski definition) is 1. The van der Waals surface area contributed by atoms with E-state index < -0.39 is 10.0 Å². The average Bonchev–Trinajstić information content (AvgIpc) is 2.69. The van der Waals surface area contributed by atoms with Crippen LogP contribution in [0, 0.1) is 19.7 Å². The smallest absolute Gasteiger partial charge is 0.244 e. The van der Waals surface area contributed by atoms with Gasteiger partial charge in [0.05, 0.1) is 25.0 Å². The number of hydrogen-bond acceptors (Lipinski definition) is 5. The Morgan fingerprint density at radius 1 is 1.04 bits per heavy atom. The summed E-state index contributed by atoms with van der Waals surface area (Å²) in [5.41, 5.74) is 3.56. The molecule has 1 heterocycles. The third kappa shape index (κ3) is 4.35. The van der Waals surface area contributed by atoms with Crippen LogP contribution in [0.1, 0.15) is 16.8 Å². The molecule has 0 atom stereocenters.